The van der Waals surface area contributed by atoms with Crippen LogP contribution in [0.15, 0.2) is 0 Å². The number of thioether (sulfide) groups is 1. The van der Waals surface area contributed by atoms with Gasteiger partial charge in [-0.2, -0.15) is 11.8 Å². The largest absolute Gasteiger partial charge is 0.480 e. The van der Waals surface area contributed by atoms with Crippen LogP contribution < -0.4 is 21.7 Å². The quantitative estimate of drug-likeness (QED) is 0.215. The maximum atomic E-state index is 12.4. The van der Waals surface area contributed by atoms with Gasteiger partial charge >= 0.3 is 5.97 Å². The summed E-state index contributed by atoms with van der Waals surface area (Å²) in [5, 5.41) is 26.3. The van der Waals surface area contributed by atoms with Crippen LogP contribution in [-0.4, -0.2) is 76.2 Å². The van der Waals surface area contributed by atoms with Crippen LogP contribution in [0.4, 0.5) is 0 Å². The first-order valence-corrected chi connectivity index (χ1v) is 10.9. The van der Waals surface area contributed by atoms with Crippen molar-refractivity contribution >= 4 is 35.5 Å². The summed E-state index contributed by atoms with van der Waals surface area (Å²) in [5.74, 6) is -2.52. The minimum Gasteiger partial charge on any atom is -0.480 e. The van der Waals surface area contributed by atoms with Crippen LogP contribution in [0, 0.1) is 5.92 Å². The number of carbonyl (C=O) groups is 4. The van der Waals surface area contributed by atoms with Crippen LogP contribution in [0.25, 0.3) is 0 Å². The van der Waals surface area contributed by atoms with Crippen molar-refractivity contribution in [1.82, 2.24) is 16.0 Å². The van der Waals surface area contributed by atoms with Crippen molar-refractivity contribution in [3.63, 3.8) is 0 Å². The Kier molecular flexibility index (Phi) is 12.5. The van der Waals surface area contributed by atoms with E-state index in [1.54, 1.807) is 11.8 Å². The molecule has 0 aliphatic rings. The number of nitrogens with two attached hydrogens (primary N) is 1. The van der Waals surface area contributed by atoms with Gasteiger partial charge in [0, 0.05) is 0 Å². The van der Waals surface area contributed by atoms with E-state index < -0.39 is 54.0 Å². The smallest absolute Gasteiger partial charge is 0.326 e. The first-order chi connectivity index (χ1) is 13.4. The zero-order valence-corrected chi connectivity index (χ0v) is 18.4. The molecule has 11 heteroatoms. The van der Waals surface area contributed by atoms with Gasteiger partial charge in [0.25, 0.3) is 0 Å². The molecule has 0 fully saturated rings. The van der Waals surface area contributed by atoms with Crippen LogP contribution in [0.1, 0.15) is 40.5 Å². The number of carboxylic acid groups (broad SMARTS) is 1. The number of nitrogens with one attached hydrogen (secondary N) is 3. The summed E-state index contributed by atoms with van der Waals surface area (Å²) in [6.45, 7) is 6.34. The Morgan fingerprint density at radius 2 is 1.55 bits per heavy atom. The summed E-state index contributed by atoms with van der Waals surface area (Å²) in [6.07, 6.45) is 1.26. The number of aliphatic carboxylic acids is 1. The van der Waals surface area contributed by atoms with E-state index in [2.05, 4.69) is 16.0 Å². The molecular weight excluding hydrogens is 400 g/mol. The van der Waals surface area contributed by atoms with Gasteiger partial charge in [-0.05, 0) is 44.6 Å². The van der Waals surface area contributed by atoms with Gasteiger partial charge in [-0.1, -0.05) is 13.8 Å². The second-order valence-corrected chi connectivity index (χ2v) is 8.36. The normalized spacial score (nSPS) is 16.3. The standard InChI is InChI=1S/C18H34N4O6S/c1-9(2)8-13(18(27)28)21-17(26)14(11(4)23)22-15(24)10(3)20-16(25)12(19)6-7-29-5/h9-14,23H,6-8,19H2,1-5H3,(H,20,25)(H,21,26)(H,22,24)(H,27,28). The molecule has 0 aromatic rings. The maximum Gasteiger partial charge on any atom is 0.326 e. The monoisotopic (exact) mass is 434 g/mol. The van der Waals surface area contributed by atoms with E-state index in [-0.39, 0.29) is 12.3 Å². The van der Waals surface area contributed by atoms with Crippen molar-refractivity contribution in [3.05, 3.63) is 0 Å². The van der Waals surface area contributed by atoms with Gasteiger partial charge in [0.2, 0.25) is 17.7 Å². The van der Waals surface area contributed by atoms with Gasteiger partial charge in [-0.25, -0.2) is 4.79 Å². The van der Waals surface area contributed by atoms with Gasteiger partial charge in [0.1, 0.15) is 18.1 Å². The molecule has 29 heavy (non-hydrogen) atoms. The zero-order chi connectivity index (χ0) is 22.7. The van der Waals surface area contributed by atoms with E-state index in [1.165, 1.54) is 13.8 Å². The molecule has 0 saturated heterocycles. The molecule has 3 amide bonds. The Morgan fingerprint density at radius 1 is 0.966 bits per heavy atom. The summed E-state index contributed by atoms with van der Waals surface area (Å²) < 4.78 is 0. The number of amides is 3. The topological polar surface area (TPSA) is 171 Å². The predicted octanol–water partition coefficient (Wildman–Crippen LogP) is -0.947. The average molecular weight is 435 g/mol. The van der Waals surface area contributed by atoms with Crippen molar-refractivity contribution in [2.45, 2.75) is 70.8 Å². The Labute approximate surface area is 175 Å². The summed E-state index contributed by atoms with van der Waals surface area (Å²) in [7, 11) is 0. The highest BCUT2D eigenvalue weighted by molar-refractivity contribution is 7.98. The average Bonchev–Trinajstić information content (AvgIpc) is 2.62. The van der Waals surface area contributed by atoms with Crippen LogP contribution in [0.2, 0.25) is 0 Å². The minimum atomic E-state index is -1.37. The molecule has 0 aliphatic heterocycles. The molecule has 0 aromatic heterocycles. The van der Waals surface area contributed by atoms with Gasteiger partial charge in [0.05, 0.1) is 12.1 Å². The molecule has 10 nitrogen and oxygen atoms in total. The number of carboxylic acids is 1. The minimum absolute atomic E-state index is 0.0153. The molecule has 0 bridgehead atoms. The molecule has 168 valence electrons. The number of hydrogen-bond acceptors (Lipinski definition) is 7. The fourth-order valence-electron chi connectivity index (χ4n) is 2.40. The molecule has 0 radical (unpaired) electrons. The van der Waals surface area contributed by atoms with Gasteiger partial charge in [0.15, 0.2) is 0 Å². The van der Waals surface area contributed by atoms with E-state index in [0.29, 0.717) is 12.2 Å². The third kappa shape index (κ3) is 10.5. The lowest BCUT2D eigenvalue weighted by Crippen LogP contribution is -2.59. The first-order valence-electron chi connectivity index (χ1n) is 9.47. The van der Waals surface area contributed by atoms with E-state index in [0.717, 1.165) is 0 Å². The molecule has 0 rings (SSSR count). The third-order valence-electron chi connectivity index (χ3n) is 4.11. The molecular formula is C18H34N4O6S. The van der Waals surface area contributed by atoms with E-state index in [4.69, 9.17) is 5.73 Å². The number of aliphatic hydroxyl groups excluding tert-OH is 1. The number of aliphatic hydroxyl groups is 1. The molecule has 0 heterocycles. The summed E-state index contributed by atoms with van der Waals surface area (Å²) in [6, 6.07) is -4.28. The Bertz CT molecular complexity index is 573. The fourth-order valence-corrected chi connectivity index (χ4v) is 2.89. The lowest BCUT2D eigenvalue weighted by Gasteiger charge is -2.25. The zero-order valence-electron chi connectivity index (χ0n) is 17.6. The highest BCUT2D eigenvalue weighted by Crippen LogP contribution is 2.06. The second kappa shape index (κ2) is 13.4. The SMILES string of the molecule is CSCCC(N)C(=O)NC(C)C(=O)NC(C(=O)NC(CC(C)C)C(=O)O)C(C)O. The Balaban J connectivity index is 4.96. The van der Waals surface area contributed by atoms with Gasteiger partial charge < -0.3 is 31.9 Å². The number of rotatable bonds is 13. The number of carbonyl (C=O) groups excluding carboxylic acids is 3. The highest BCUT2D eigenvalue weighted by atomic mass is 32.2. The van der Waals surface area contributed by atoms with Gasteiger partial charge in [-0.3, -0.25) is 14.4 Å². The fraction of sp³-hybridized carbons (Fsp3) is 0.778. The summed E-state index contributed by atoms with van der Waals surface area (Å²) >= 11 is 1.54. The lowest BCUT2D eigenvalue weighted by atomic mass is 10.0. The molecule has 5 unspecified atom stereocenters. The van der Waals surface area contributed by atoms with Crippen LogP contribution >= 0.6 is 11.8 Å². The first kappa shape index (κ1) is 27.1. The molecule has 0 aromatic carbocycles. The van der Waals surface area contributed by atoms with Crippen molar-refractivity contribution in [2.75, 3.05) is 12.0 Å². The van der Waals surface area contributed by atoms with E-state index in [1.807, 2.05) is 20.1 Å². The summed E-state index contributed by atoms with van der Waals surface area (Å²) in [5.41, 5.74) is 5.76. The Hall–Kier alpha value is -1.85. The van der Waals surface area contributed by atoms with Crippen LogP contribution in [0.5, 0.6) is 0 Å². The maximum absolute atomic E-state index is 12.4. The molecule has 5 atom stereocenters. The van der Waals surface area contributed by atoms with E-state index in [9.17, 15) is 29.4 Å². The third-order valence-corrected chi connectivity index (χ3v) is 4.75. The highest BCUT2D eigenvalue weighted by Gasteiger charge is 2.31. The lowest BCUT2D eigenvalue weighted by molar-refractivity contribution is -0.143. The van der Waals surface area contributed by atoms with Crippen molar-refractivity contribution in [3.8, 4) is 0 Å². The second-order valence-electron chi connectivity index (χ2n) is 7.37. The molecule has 0 saturated carbocycles. The van der Waals surface area contributed by atoms with Crippen LogP contribution in [-0.2, 0) is 19.2 Å². The molecule has 0 spiro atoms. The summed E-state index contributed by atoms with van der Waals surface area (Å²) in [4.78, 5) is 48.1. The van der Waals surface area contributed by atoms with Crippen molar-refractivity contribution < 1.29 is 29.4 Å². The van der Waals surface area contributed by atoms with Crippen molar-refractivity contribution in [1.29, 1.82) is 0 Å². The molecule has 7 N–H and O–H groups in total. The number of hydrogen-bond donors (Lipinski definition) is 6. The van der Waals surface area contributed by atoms with Gasteiger partial charge in [-0.15, -0.1) is 0 Å². The van der Waals surface area contributed by atoms with Crippen molar-refractivity contribution in [2.24, 2.45) is 11.7 Å². The predicted molar refractivity (Wildman–Crippen MR) is 111 cm³/mol. The van der Waals surface area contributed by atoms with Crippen LogP contribution in [0.3, 0.4) is 0 Å². The molecule has 0 aliphatic carbocycles. The Morgan fingerprint density at radius 3 is 2.00 bits per heavy atom. The van der Waals surface area contributed by atoms with E-state index >= 15 is 0 Å².